The maximum atomic E-state index is 14.1. The van der Waals surface area contributed by atoms with Gasteiger partial charge in [-0.3, -0.25) is 14.5 Å². The van der Waals surface area contributed by atoms with Crippen molar-refractivity contribution in [2.45, 2.75) is 72.1 Å². The van der Waals surface area contributed by atoms with E-state index in [4.69, 9.17) is 0 Å². The summed E-state index contributed by atoms with van der Waals surface area (Å²) >= 11 is 0. The van der Waals surface area contributed by atoms with Gasteiger partial charge < -0.3 is 10.2 Å². The van der Waals surface area contributed by atoms with E-state index in [1.54, 1.807) is 0 Å². The molecule has 2 amide bonds. The van der Waals surface area contributed by atoms with Crippen molar-refractivity contribution in [3.63, 3.8) is 0 Å². The molecular formula is C20H15F24N3O2. The molecule has 1 N–H and O–H groups in total. The second-order valence-corrected chi connectivity index (χ2v) is 9.83. The van der Waals surface area contributed by atoms with E-state index in [9.17, 15) is 115 Å². The highest BCUT2D eigenvalue weighted by atomic mass is 19.4. The lowest BCUT2D eigenvalue weighted by Gasteiger charge is -2.41. The average Bonchev–Trinajstić information content (AvgIpc) is 2.95. The standard InChI is InChI=1S/C20H15F24N3O2/c21-7(22)11(25,26)15(33,34)19(41,42)17(37,38)13(29,30)9(48)45-1-2-46-3-5-47(6-4-46)10(49)14(31,32)18(39,40)20(43,44)16(35,36)12(27,28)8(23)24/h7-8H,1-6H2,(H,45,48). The number of nitrogens with zero attached hydrogens (tertiary/aromatic N) is 2. The van der Waals surface area contributed by atoms with Crippen LogP contribution in [0, 0.1) is 0 Å². The predicted molar refractivity (Wildman–Crippen MR) is 108 cm³/mol. The number of hydrogen-bond donors (Lipinski definition) is 1. The van der Waals surface area contributed by atoms with Crippen LogP contribution >= 0.6 is 0 Å². The van der Waals surface area contributed by atoms with Crippen molar-refractivity contribution >= 4 is 11.8 Å². The van der Waals surface area contributed by atoms with Gasteiger partial charge in [-0.1, -0.05) is 0 Å². The number of carbonyl (C=O) groups excluding carboxylic acids is 2. The van der Waals surface area contributed by atoms with E-state index < -0.39 is 128 Å². The molecule has 0 unspecified atom stereocenters. The largest absolute Gasteiger partial charge is 0.392 e. The van der Waals surface area contributed by atoms with Crippen LogP contribution in [0.2, 0.25) is 0 Å². The average molecular weight is 785 g/mol. The third-order valence-corrected chi connectivity index (χ3v) is 6.68. The number of halogens is 24. The fraction of sp³-hybridized carbons (Fsp3) is 0.900. The molecule has 0 spiro atoms. The molecule has 1 aliphatic rings. The molecule has 0 radical (unpaired) electrons. The fourth-order valence-electron chi connectivity index (χ4n) is 3.57. The lowest BCUT2D eigenvalue weighted by molar-refractivity contribution is -0.407. The first-order valence-corrected chi connectivity index (χ1v) is 12.0. The molecule has 1 aliphatic heterocycles. The van der Waals surface area contributed by atoms with Crippen LogP contribution in [0.1, 0.15) is 0 Å². The normalized spacial score (nSPS) is 17.6. The molecule has 0 aromatic rings. The van der Waals surface area contributed by atoms with Gasteiger partial charge in [-0.15, -0.1) is 0 Å². The minimum Gasteiger partial charge on any atom is -0.349 e. The second-order valence-electron chi connectivity index (χ2n) is 9.83. The van der Waals surface area contributed by atoms with Gasteiger partial charge in [0.25, 0.3) is 11.8 Å². The summed E-state index contributed by atoms with van der Waals surface area (Å²) in [5.74, 6) is -83.5. The maximum absolute atomic E-state index is 14.1. The number of carbonyl (C=O) groups is 2. The van der Waals surface area contributed by atoms with Gasteiger partial charge in [0.15, 0.2) is 0 Å². The Morgan fingerprint density at radius 3 is 1.14 bits per heavy atom. The number of piperazine rings is 1. The summed E-state index contributed by atoms with van der Waals surface area (Å²) in [6.45, 7) is -7.31. The first kappa shape index (κ1) is 44.2. The zero-order valence-electron chi connectivity index (χ0n) is 22.7. The molecule has 1 fully saturated rings. The van der Waals surface area contributed by atoms with Crippen molar-refractivity contribution in [2.24, 2.45) is 0 Å². The highest BCUT2D eigenvalue weighted by molar-refractivity contribution is 5.85. The topological polar surface area (TPSA) is 52.7 Å². The minimum absolute atomic E-state index is 0.533. The molecule has 1 saturated heterocycles. The summed E-state index contributed by atoms with van der Waals surface area (Å²) in [6.07, 6.45) is -11.6. The van der Waals surface area contributed by atoms with Crippen molar-refractivity contribution in [3.8, 4) is 0 Å². The van der Waals surface area contributed by atoms with Gasteiger partial charge in [-0.2, -0.15) is 87.8 Å². The second kappa shape index (κ2) is 13.1. The van der Waals surface area contributed by atoms with Gasteiger partial charge in [0, 0.05) is 39.3 Å². The highest BCUT2D eigenvalue weighted by Crippen LogP contribution is 2.59. The molecule has 290 valence electrons. The Labute approximate surface area is 254 Å². The number of amides is 2. The molecule has 49 heavy (non-hydrogen) atoms. The van der Waals surface area contributed by atoms with Crippen molar-refractivity contribution < 1.29 is 115 Å². The Morgan fingerprint density at radius 2 is 0.816 bits per heavy atom. The van der Waals surface area contributed by atoms with Crippen LogP contribution in [0.15, 0.2) is 0 Å². The van der Waals surface area contributed by atoms with Gasteiger partial charge in [0.2, 0.25) is 0 Å². The zero-order valence-corrected chi connectivity index (χ0v) is 22.7. The molecule has 1 rings (SSSR count). The van der Waals surface area contributed by atoms with E-state index in [0.717, 1.165) is 0 Å². The van der Waals surface area contributed by atoms with Crippen LogP contribution in [0.4, 0.5) is 105 Å². The van der Waals surface area contributed by atoms with Crippen LogP contribution in [0.25, 0.3) is 0 Å². The van der Waals surface area contributed by atoms with Crippen LogP contribution < -0.4 is 5.32 Å². The summed E-state index contributed by atoms with van der Waals surface area (Å²) in [4.78, 5) is 23.4. The van der Waals surface area contributed by atoms with Crippen molar-refractivity contribution in [1.29, 1.82) is 0 Å². The fourth-order valence-corrected chi connectivity index (χ4v) is 3.57. The predicted octanol–water partition coefficient (Wildman–Crippen LogP) is 6.13. The SMILES string of the molecule is O=C(NCCN1CCN(C(=O)C(F)(F)C(F)(F)C(F)(F)C(F)(F)C(F)(F)C(F)F)CC1)C(F)(F)C(F)(F)C(F)(F)C(F)(F)C(F)(F)C(F)F. The number of hydrogen-bond acceptors (Lipinski definition) is 3. The third kappa shape index (κ3) is 6.59. The van der Waals surface area contributed by atoms with Gasteiger partial charge in [-0.05, 0) is 0 Å². The van der Waals surface area contributed by atoms with Crippen LogP contribution in [-0.4, -0.2) is 133 Å². The summed E-state index contributed by atoms with van der Waals surface area (Å²) in [5, 5.41) is 0.697. The Morgan fingerprint density at radius 1 is 0.490 bits per heavy atom. The summed E-state index contributed by atoms with van der Waals surface area (Å²) in [6, 6.07) is 0. The summed E-state index contributed by atoms with van der Waals surface area (Å²) in [5.41, 5.74) is 0. The van der Waals surface area contributed by atoms with E-state index >= 15 is 0 Å². The molecule has 0 saturated carbocycles. The van der Waals surface area contributed by atoms with Gasteiger partial charge >= 0.3 is 72.1 Å². The first-order chi connectivity index (χ1) is 21.4. The molecule has 0 bridgehead atoms. The van der Waals surface area contributed by atoms with Crippen molar-refractivity contribution in [3.05, 3.63) is 0 Å². The molecule has 29 heteroatoms. The maximum Gasteiger partial charge on any atom is 0.392 e. The van der Waals surface area contributed by atoms with Gasteiger partial charge in [-0.25, -0.2) is 17.6 Å². The van der Waals surface area contributed by atoms with Gasteiger partial charge in [0.05, 0.1) is 0 Å². The molecule has 0 aliphatic carbocycles. The van der Waals surface area contributed by atoms with E-state index in [1.807, 2.05) is 0 Å². The Kier molecular flexibility index (Phi) is 11.8. The Bertz CT molecular complexity index is 1190. The molecule has 1 heterocycles. The summed E-state index contributed by atoms with van der Waals surface area (Å²) in [7, 11) is 0. The quantitative estimate of drug-likeness (QED) is 0.204. The Balaban J connectivity index is 2.99. The lowest BCUT2D eigenvalue weighted by Crippen LogP contribution is -2.71. The molecule has 0 aromatic carbocycles. The molecule has 0 atom stereocenters. The van der Waals surface area contributed by atoms with E-state index in [0.29, 0.717) is 10.2 Å². The van der Waals surface area contributed by atoms with E-state index in [-0.39, 0.29) is 0 Å². The lowest BCUT2D eigenvalue weighted by atomic mass is 9.93. The Hall–Kier alpha value is -2.78. The molecule has 5 nitrogen and oxygen atoms in total. The van der Waals surface area contributed by atoms with Crippen LogP contribution in [0.3, 0.4) is 0 Å². The number of nitrogens with one attached hydrogen (secondary N) is 1. The van der Waals surface area contributed by atoms with Crippen molar-refractivity contribution in [1.82, 2.24) is 15.1 Å². The van der Waals surface area contributed by atoms with Crippen LogP contribution in [0.5, 0.6) is 0 Å². The number of alkyl halides is 24. The van der Waals surface area contributed by atoms with E-state index in [2.05, 4.69) is 0 Å². The zero-order chi connectivity index (χ0) is 39.4. The van der Waals surface area contributed by atoms with Crippen LogP contribution in [-0.2, 0) is 9.59 Å². The minimum atomic E-state index is -8.05. The molecular weight excluding hydrogens is 770 g/mol. The first-order valence-electron chi connectivity index (χ1n) is 12.0. The van der Waals surface area contributed by atoms with Crippen molar-refractivity contribution in [2.75, 3.05) is 39.3 Å². The van der Waals surface area contributed by atoms with Gasteiger partial charge in [0.1, 0.15) is 0 Å². The third-order valence-electron chi connectivity index (χ3n) is 6.68. The number of rotatable bonds is 15. The van der Waals surface area contributed by atoms with E-state index in [1.165, 1.54) is 0 Å². The summed E-state index contributed by atoms with van der Waals surface area (Å²) < 4.78 is 318. The smallest absolute Gasteiger partial charge is 0.349 e. The monoisotopic (exact) mass is 785 g/mol. The molecule has 0 aromatic heterocycles. The highest BCUT2D eigenvalue weighted by Gasteiger charge is 2.90.